The number of hydrogen-bond donors (Lipinski definition) is 1. The third-order valence-corrected chi connectivity index (χ3v) is 4.30. The Morgan fingerprint density at radius 3 is 1.96 bits per heavy atom. The van der Waals surface area contributed by atoms with Crippen molar-refractivity contribution in [1.29, 1.82) is 0 Å². The van der Waals surface area contributed by atoms with E-state index in [0.29, 0.717) is 0 Å². The molecule has 0 saturated carbocycles. The minimum Gasteiger partial charge on any atom is -0.380 e. The maximum absolute atomic E-state index is 4.77. The molecule has 1 heterocycles. The highest BCUT2D eigenvalue weighted by atomic mass is 14.9. The predicted octanol–water partition coefficient (Wildman–Crippen LogP) is 5.31. The van der Waals surface area contributed by atoms with Gasteiger partial charge in [-0.05, 0) is 30.2 Å². The molecule has 23 heavy (non-hydrogen) atoms. The molecule has 0 fully saturated rings. The van der Waals surface area contributed by atoms with Crippen molar-refractivity contribution in [3.8, 4) is 0 Å². The summed E-state index contributed by atoms with van der Waals surface area (Å²) in [5, 5.41) is 5.98. The van der Waals surface area contributed by atoms with Crippen LogP contribution in [0.2, 0.25) is 0 Å². The van der Waals surface area contributed by atoms with Gasteiger partial charge < -0.3 is 5.32 Å². The molecule has 112 valence electrons. The number of nitrogens with zero attached hydrogens (tertiary/aromatic N) is 1. The summed E-state index contributed by atoms with van der Waals surface area (Å²) in [6.07, 6.45) is 0. The molecule has 0 unspecified atom stereocenters. The molecular weight excluding hydrogens is 280 g/mol. The van der Waals surface area contributed by atoms with Crippen LogP contribution in [-0.2, 0) is 6.54 Å². The molecule has 0 aliphatic rings. The van der Waals surface area contributed by atoms with Gasteiger partial charge in [-0.2, -0.15) is 0 Å². The zero-order chi connectivity index (χ0) is 15.6. The SMILES string of the molecule is Cc1ccccc1CNc1c2ccccc2nc2ccccc12. The minimum absolute atomic E-state index is 0.810. The average molecular weight is 298 g/mol. The lowest BCUT2D eigenvalue weighted by atomic mass is 10.1. The smallest absolute Gasteiger partial charge is 0.0730 e. The zero-order valence-corrected chi connectivity index (χ0v) is 13.1. The first-order chi connectivity index (χ1) is 11.3. The summed E-state index contributed by atoms with van der Waals surface area (Å²) in [6, 6.07) is 25.1. The Balaban J connectivity index is 1.84. The Morgan fingerprint density at radius 2 is 1.30 bits per heavy atom. The monoisotopic (exact) mass is 298 g/mol. The summed E-state index contributed by atoms with van der Waals surface area (Å²) < 4.78 is 0. The normalized spacial score (nSPS) is 11.0. The van der Waals surface area contributed by atoms with Gasteiger partial charge in [0.25, 0.3) is 0 Å². The number of rotatable bonds is 3. The molecule has 2 heteroatoms. The number of para-hydroxylation sites is 2. The van der Waals surface area contributed by atoms with E-state index < -0.39 is 0 Å². The molecule has 0 aliphatic heterocycles. The highest BCUT2D eigenvalue weighted by Crippen LogP contribution is 2.31. The van der Waals surface area contributed by atoms with E-state index in [2.05, 4.69) is 72.9 Å². The zero-order valence-electron chi connectivity index (χ0n) is 13.1. The van der Waals surface area contributed by atoms with Crippen LogP contribution in [0.1, 0.15) is 11.1 Å². The number of benzene rings is 3. The van der Waals surface area contributed by atoms with Gasteiger partial charge in [-0.15, -0.1) is 0 Å². The van der Waals surface area contributed by atoms with Crippen molar-refractivity contribution in [3.63, 3.8) is 0 Å². The molecule has 3 aromatic carbocycles. The number of hydrogen-bond acceptors (Lipinski definition) is 2. The van der Waals surface area contributed by atoms with E-state index in [9.17, 15) is 0 Å². The fourth-order valence-corrected chi connectivity index (χ4v) is 3.02. The van der Waals surface area contributed by atoms with Crippen molar-refractivity contribution in [2.45, 2.75) is 13.5 Å². The minimum atomic E-state index is 0.810. The molecule has 4 aromatic rings. The molecule has 0 aliphatic carbocycles. The summed E-state index contributed by atoms with van der Waals surface area (Å²) in [7, 11) is 0. The third kappa shape index (κ3) is 2.53. The number of aryl methyl sites for hydroxylation is 1. The van der Waals surface area contributed by atoms with Gasteiger partial charge in [-0.25, -0.2) is 4.98 Å². The first-order valence-electron chi connectivity index (χ1n) is 7.89. The fourth-order valence-electron chi connectivity index (χ4n) is 3.02. The molecule has 0 atom stereocenters. The Bertz CT molecular complexity index is 935. The van der Waals surface area contributed by atoms with Gasteiger partial charge in [0.05, 0.1) is 16.7 Å². The van der Waals surface area contributed by atoms with Crippen LogP contribution in [0.25, 0.3) is 21.8 Å². The summed E-state index contributed by atoms with van der Waals surface area (Å²) in [5.41, 5.74) is 5.84. The van der Waals surface area contributed by atoms with E-state index in [4.69, 9.17) is 4.98 Å². The number of pyridine rings is 1. The lowest BCUT2D eigenvalue weighted by molar-refractivity contribution is 1.13. The largest absolute Gasteiger partial charge is 0.380 e. The molecule has 0 bridgehead atoms. The van der Waals surface area contributed by atoms with E-state index in [0.717, 1.165) is 23.3 Å². The van der Waals surface area contributed by atoms with Gasteiger partial charge in [0.2, 0.25) is 0 Å². The standard InChI is InChI=1S/C21H18N2/c1-15-8-2-3-9-16(15)14-22-21-17-10-4-6-12-19(17)23-20-13-7-5-11-18(20)21/h2-13H,14H2,1H3,(H,22,23). The van der Waals surface area contributed by atoms with Crippen LogP contribution in [0.3, 0.4) is 0 Å². The van der Waals surface area contributed by atoms with E-state index >= 15 is 0 Å². The van der Waals surface area contributed by atoms with Crippen LogP contribution in [-0.4, -0.2) is 4.98 Å². The lowest BCUT2D eigenvalue weighted by Gasteiger charge is -2.14. The van der Waals surface area contributed by atoms with Crippen LogP contribution < -0.4 is 5.32 Å². The quantitative estimate of drug-likeness (QED) is 0.518. The lowest BCUT2D eigenvalue weighted by Crippen LogP contribution is -2.03. The predicted molar refractivity (Wildman–Crippen MR) is 97.8 cm³/mol. The molecule has 0 saturated heterocycles. The van der Waals surface area contributed by atoms with E-state index in [1.807, 2.05) is 12.1 Å². The Morgan fingerprint density at radius 1 is 0.739 bits per heavy atom. The fraction of sp³-hybridized carbons (Fsp3) is 0.0952. The maximum Gasteiger partial charge on any atom is 0.0730 e. The van der Waals surface area contributed by atoms with Crippen LogP contribution in [0.15, 0.2) is 72.8 Å². The van der Waals surface area contributed by atoms with Crippen molar-refractivity contribution in [3.05, 3.63) is 83.9 Å². The first kappa shape index (κ1) is 13.8. The van der Waals surface area contributed by atoms with Crippen molar-refractivity contribution in [1.82, 2.24) is 4.98 Å². The second kappa shape index (κ2) is 5.73. The van der Waals surface area contributed by atoms with E-state index in [1.165, 1.54) is 21.9 Å². The van der Waals surface area contributed by atoms with Crippen molar-refractivity contribution >= 4 is 27.5 Å². The van der Waals surface area contributed by atoms with E-state index in [-0.39, 0.29) is 0 Å². The summed E-state index contributed by atoms with van der Waals surface area (Å²) >= 11 is 0. The molecule has 0 amide bonds. The van der Waals surface area contributed by atoms with Crippen LogP contribution in [0, 0.1) is 6.92 Å². The maximum atomic E-state index is 4.77. The van der Waals surface area contributed by atoms with Crippen LogP contribution in [0.4, 0.5) is 5.69 Å². The molecule has 1 aromatic heterocycles. The molecule has 1 N–H and O–H groups in total. The summed E-state index contributed by atoms with van der Waals surface area (Å²) in [6.45, 7) is 2.96. The Labute approximate surface area is 135 Å². The van der Waals surface area contributed by atoms with Gasteiger partial charge >= 0.3 is 0 Å². The molecule has 2 nitrogen and oxygen atoms in total. The van der Waals surface area contributed by atoms with Crippen molar-refractivity contribution in [2.24, 2.45) is 0 Å². The highest BCUT2D eigenvalue weighted by molar-refractivity contribution is 6.07. The van der Waals surface area contributed by atoms with Crippen LogP contribution >= 0.6 is 0 Å². The second-order valence-electron chi connectivity index (χ2n) is 5.80. The number of fused-ring (bicyclic) bond motifs is 2. The Kier molecular flexibility index (Phi) is 3.43. The second-order valence-corrected chi connectivity index (χ2v) is 5.80. The van der Waals surface area contributed by atoms with Gasteiger partial charge in [0.1, 0.15) is 0 Å². The van der Waals surface area contributed by atoms with Gasteiger partial charge in [-0.3, -0.25) is 0 Å². The van der Waals surface area contributed by atoms with Crippen molar-refractivity contribution < 1.29 is 0 Å². The third-order valence-electron chi connectivity index (χ3n) is 4.30. The number of nitrogens with one attached hydrogen (secondary N) is 1. The van der Waals surface area contributed by atoms with Crippen molar-refractivity contribution in [2.75, 3.05) is 5.32 Å². The number of anilines is 1. The molecule has 0 radical (unpaired) electrons. The molecule has 0 spiro atoms. The topological polar surface area (TPSA) is 24.9 Å². The first-order valence-corrected chi connectivity index (χ1v) is 7.89. The van der Waals surface area contributed by atoms with Crippen LogP contribution in [0.5, 0.6) is 0 Å². The Hall–Kier alpha value is -2.87. The molecular formula is C21H18N2. The van der Waals surface area contributed by atoms with E-state index in [1.54, 1.807) is 0 Å². The summed E-state index contributed by atoms with van der Waals surface area (Å²) in [5.74, 6) is 0. The number of aromatic nitrogens is 1. The molecule has 4 rings (SSSR count). The van der Waals surface area contributed by atoms with Gasteiger partial charge in [0, 0.05) is 17.3 Å². The average Bonchev–Trinajstić information content (AvgIpc) is 2.60. The van der Waals surface area contributed by atoms with Gasteiger partial charge in [-0.1, -0.05) is 60.7 Å². The van der Waals surface area contributed by atoms with Gasteiger partial charge in [0.15, 0.2) is 0 Å². The highest BCUT2D eigenvalue weighted by Gasteiger charge is 2.08. The summed E-state index contributed by atoms with van der Waals surface area (Å²) in [4.78, 5) is 4.77.